The highest BCUT2D eigenvalue weighted by molar-refractivity contribution is 7.86. The quantitative estimate of drug-likeness (QED) is 0.777. The van der Waals surface area contributed by atoms with Crippen LogP contribution in [0.2, 0.25) is 0 Å². The van der Waals surface area contributed by atoms with Crippen molar-refractivity contribution in [2.24, 2.45) is 5.92 Å². The number of nitrogens with one attached hydrogen (secondary N) is 1. The largest absolute Gasteiger partial charge is 0.313 e. The third-order valence-electron chi connectivity index (χ3n) is 5.12. The van der Waals surface area contributed by atoms with E-state index in [1.807, 2.05) is 0 Å². The molecule has 3 heteroatoms. The molecule has 2 aliphatic rings. The Kier molecular flexibility index (Phi) is 7.03. The van der Waals surface area contributed by atoms with Crippen LogP contribution in [-0.4, -0.2) is 27.3 Å². The molecule has 0 saturated heterocycles. The molecule has 0 aromatic heterocycles. The standard InChI is InChI=1S/C17H33NOS/c1-3-12-18-16-10-5-4-6-11-17(16)20(19)15-9-7-8-14(2)13-15/h14-18H,3-13H2,1-2H3. The van der Waals surface area contributed by atoms with Crippen LogP contribution in [0.5, 0.6) is 0 Å². The maximum absolute atomic E-state index is 13.1. The topological polar surface area (TPSA) is 29.1 Å². The van der Waals surface area contributed by atoms with Crippen molar-refractivity contribution in [1.82, 2.24) is 5.32 Å². The summed E-state index contributed by atoms with van der Waals surface area (Å²) >= 11 is 0. The maximum Gasteiger partial charge on any atom is 0.0504 e. The van der Waals surface area contributed by atoms with E-state index in [2.05, 4.69) is 19.2 Å². The molecule has 20 heavy (non-hydrogen) atoms. The maximum atomic E-state index is 13.1. The fraction of sp³-hybridized carbons (Fsp3) is 1.00. The van der Waals surface area contributed by atoms with Crippen LogP contribution in [0.25, 0.3) is 0 Å². The second-order valence-electron chi connectivity index (χ2n) is 6.96. The highest BCUT2D eigenvalue weighted by Crippen LogP contribution is 2.32. The van der Waals surface area contributed by atoms with E-state index in [0.717, 1.165) is 12.5 Å². The van der Waals surface area contributed by atoms with Gasteiger partial charge in [-0.05, 0) is 44.6 Å². The van der Waals surface area contributed by atoms with Crippen molar-refractivity contribution in [3.8, 4) is 0 Å². The van der Waals surface area contributed by atoms with E-state index in [-0.39, 0.29) is 0 Å². The third kappa shape index (κ3) is 4.56. The van der Waals surface area contributed by atoms with Gasteiger partial charge in [-0.25, -0.2) is 0 Å². The first-order valence-electron chi connectivity index (χ1n) is 8.85. The van der Waals surface area contributed by atoms with Crippen LogP contribution >= 0.6 is 0 Å². The second-order valence-corrected chi connectivity index (χ2v) is 8.89. The first-order chi connectivity index (χ1) is 9.72. The minimum absolute atomic E-state index is 0.416. The highest BCUT2D eigenvalue weighted by Gasteiger charge is 2.34. The number of hydrogen-bond acceptors (Lipinski definition) is 2. The molecule has 0 bridgehead atoms. The van der Waals surface area contributed by atoms with Gasteiger partial charge in [-0.3, -0.25) is 4.21 Å². The first kappa shape index (κ1) is 16.5. The van der Waals surface area contributed by atoms with Crippen molar-refractivity contribution in [3.05, 3.63) is 0 Å². The molecule has 5 unspecified atom stereocenters. The number of hydrogen-bond donors (Lipinski definition) is 1. The van der Waals surface area contributed by atoms with Crippen molar-refractivity contribution >= 4 is 10.8 Å². The molecule has 5 atom stereocenters. The van der Waals surface area contributed by atoms with Gasteiger partial charge in [0.2, 0.25) is 0 Å². The van der Waals surface area contributed by atoms with Gasteiger partial charge in [0, 0.05) is 22.1 Å². The third-order valence-corrected chi connectivity index (χ3v) is 7.37. The SMILES string of the molecule is CCCNC1CCCCCC1S(=O)C1CCCC(C)C1. The van der Waals surface area contributed by atoms with Gasteiger partial charge in [-0.1, -0.05) is 46.0 Å². The molecular weight excluding hydrogens is 266 g/mol. The Hall–Kier alpha value is 0.110. The van der Waals surface area contributed by atoms with E-state index >= 15 is 0 Å². The molecule has 2 nitrogen and oxygen atoms in total. The van der Waals surface area contributed by atoms with Gasteiger partial charge in [0.15, 0.2) is 0 Å². The van der Waals surface area contributed by atoms with Gasteiger partial charge in [0.05, 0.1) is 5.25 Å². The molecular formula is C17H33NOS. The normalized spacial score (nSPS) is 37.3. The highest BCUT2D eigenvalue weighted by atomic mass is 32.2. The first-order valence-corrected chi connectivity index (χ1v) is 10.1. The molecule has 0 radical (unpaired) electrons. The summed E-state index contributed by atoms with van der Waals surface area (Å²) in [6, 6.07) is 0.510. The fourth-order valence-electron chi connectivity index (χ4n) is 3.95. The lowest BCUT2D eigenvalue weighted by Gasteiger charge is -2.32. The molecule has 0 amide bonds. The Morgan fingerprint density at radius 1 is 1.05 bits per heavy atom. The Morgan fingerprint density at radius 2 is 1.85 bits per heavy atom. The molecule has 0 heterocycles. The Balaban J connectivity index is 1.98. The van der Waals surface area contributed by atoms with Crippen LogP contribution in [0.4, 0.5) is 0 Å². The van der Waals surface area contributed by atoms with Gasteiger partial charge >= 0.3 is 0 Å². The van der Waals surface area contributed by atoms with Gasteiger partial charge < -0.3 is 5.32 Å². The van der Waals surface area contributed by atoms with Gasteiger partial charge in [-0.15, -0.1) is 0 Å². The average molecular weight is 300 g/mol. The summed E-state index contributed by atoms with van der Waals surface area (Å²) in [4.78, 5) is 0. The predicted octanol–water partition coefficient (Wildman–Crippen LogP) is 4.01. The lowest BCUT2D eigenvalue weighted by Crippen LogP contribution is -2.45. The zero-order chi connectivity index (χ0) is 14.4. The smallest absolute Gasteiger partial charge is 0.0504 e. The monoisotopic (exact) mass is 299 g/mol. The molecule has 2 aliphatic carbocycles. The van der Waals surface area contributed by atoms with Gasteiger partial charge in [0.1, 0.15) is 0 Å². The molecule has 0 aliphatic heterocycles. The summed E-state index contributed by atoms with van der Waals surface area (Å²) in [7, 11) is -0.621. The van der Waals surface area contributed by atoms with Crippen molar-refractivity contribution < 1.29 is 4.21 Å². The summed E-state index contributed by atoms with van der Waals surface area (Å²) in [5.74, 6) is 0.783. The minimum atomic E-state index is -0.621. The molecule has 0 aromatic rings. The molecule has 2 rings (SSSR count). The van der Waals surface area contributed by atoms with Crippen LogP contribution in [0.1, 0.15) is 78.1 Å². The summed E-state index contributed by atoms with van der Waals surface area (Å²) in [5.41, 5.74) is 0. The molecule has 1 N–H and O–H groups in total. The van der Waals surface area contributed by atoms with E-state index in [1.165, 1.54) is 64.2 Å². The van der Waals surface area contributed by atoms with Crippen LogP contribution in [-0.2, 0) is 10.8 Å². The van der Waals surface area contributed by atoms with Crippen LogP contribution in [0.15, 0.2) is 0 Å². The van der Waals surface area contributed by atoms with Gasteiger partial charge in [0.25, 0.3) is 0 Å². The fourth-order valence-corrected chi connectivity index (χ4v) is 6.32. The average Bonchev–Trinajstić information content (AvgIpc) is 2.69. The second kappa shape index (κ2) is 8.53. The number of rotatable bonds is 5. The van der Waals surface area contributed by atoms with Crippen LogP contribution in [0.3, 0.4) is 0 Å². The van der Waals surface area contributed by atoms with Crippen molar-refractivity contribution in [1.29, 1.82) is 0 Å². The van der Waals surface area contributed by atoms with Crippen molar-refractivity contribution in [3.63, 3.8) is 0 Å². The van der Waals surface area contributed by atoms with Crippen molar-refractivity contribution in [2.45, 2.75) is 94.6 Å². The summed E-state index contributed by atoms with van der Waals surface area (Å²) in [6.07, 6.45) is 12.6. The molecule has 0 spiro atoms. The predicted molar refractivity (Wildman–Crippen MR) is 88.5 cm³/mol. The van der Waals surface area contributed by atoms with E-state index in [4.69, 9.17) is 0 Å². The zero-order valence-corrected chi connectivity index (χ0v) is 14.2. The Labute approximate surface area is 127 Å². The molecule has 2 fully saturated rings. The van der Waals surface area contributed by atoms with Gasteiger partial charge in [-0.2, -0.15) is 0 Å². The lowest BCUT2D eigenvalue weighted by molar-refractivity contribution is 0.384. The summed E-state index contributed by atoms with van der Waals surface area (Å²) < 4.78 is 13.1. The van der Waals surface area contributed by atoms with E-state index in [0.29, 0.717) is 16.5 Å². The molecule has 2 saturated carbocycles. The summed E-state index contributed by atoms with van der Waals surface area (Å²) in [6.45, 7) is 5.64. The summed E-state index contributed by atoms with van der Waals surface area (Å²) in [5, 5.41) is 4.59. The van der Waals surface area contributed by atoms with E-state index in [9.17, 15) is 4.21 Å². The van der Waals surface area contributed by atoms with Crippen LogP contribution in [0, 0.1) is 5.92 Å². The lowest BCUT2D eigenvalue weighted by atomic mass is 9.90. The zero-order valence-electron chi connectivity index (χ0n) is 13.4. The van der Waals surface area contributed by atoms with Crippen molar-refractivity contribution in [2.75, 3.05) is 6.54 Å². The Bertz CT molecular complexity index is 307. The van der Waals surface area contributed by atoms with E-state index in [1.54, 1.807) is 0 Å². The minimum Gasteiger partial charge on any atom is -0.313 e. The van der Waals surface area contributed by atoms with Crippen LogP contribution < -0.4 is 5.32 Å². The molecule has 118 valence electrons. The Morgan fingerprint density at radius 3 is 2.60 bits per heavy atom. The molecule has 0 aromatic carbocycles. The van der Waals surface area contributed by atoms with E-state index < -0.39 is 10.8 Å².